The molecule has 0 radical (unpaired) electrons. The number of nitrogens with one attached hydrogen (secondary N) is 1. The maximum atomic E-state index is 14.4. The van der Waals surface area contributed by atoms with Crippen molar-refractivity contribution in [2.24, 2.45) is 5.41 Å². The number of aromatic nitrogens is 3. The van der Waals surface area contributed by atoms with Gasteiger partial charge in [0.1, 0.15) is 29.7 Å². The normalized spacial score (nSPS) is 20.8. The highest BCUT2D eigenvalue weighted by Gasteiger charge is 2.54. The van der Waals surface area contributed by atoms with Crippen LogP contribution in [0, 0.1) is 11.2 Å². The van der Waals surface area contributed by atoms with Crippen LogP contribution in [0.4, 0.5) is 10.2 Å². The molecule has 2 aromatic heterocycles. The molecule has 0 unspecified atom stereocenters. The number of anilines is 1. The predicted molar refractivity (Wildman–Crippen MR) is 152 cm³/mol. The van der Waals surface area contributed by atoms with Gasteiger partial charge < -0.3 is 29.3 Å². The van der Waals surface area contributed by atoms with Gasteiger partial charge in [-0.2, -0.15) is 0 Å². The molecule has 11 heteroatoms. The molecule has 10 nitrogen and oxygen atoms in total. The molecule has 1 N–H and O–H groups in total. The van der Waals surface area contributed by atoms with Crippen LogP contribution in [0.1, 0.15) is 54.7 Å². The molecular weight excluding hydrogens is 539 g/mol. The lowest BCUT2D eigenvalue weighted by atomic mass is 9.61. The van der Waals surface area contributed by atoms with Gasteiger partial charge in [0.05, 0.1) is 30.1 Å². The number of halogens is 1. The van der Waals surface area contributed by atoms with Crippen molar-refractivity contribution in [3.63, 3.8) is 0 Å². The smallest absolute Gasteiger partial charge is 0.258 e. The highest BCUT2D eigenvalue weighted by atomic mass is 19.1. The summed E-state index contributed by atoms with van der Waals surface area (Å²) in [5.41, 5.74) is 2.59. The number of nitrogens with zero attached hydrogens (tertiary/aromatic N) is 5. The molecule has 1 saturated carbocycles. The first kappa shape index (κ1) is 27.0. The number of benzene rings is 1. The predicted octanol–water partition coefficient (Wildman–Crippen LogP) is 4.09. The third-order valence-corrected chi connectivity index (χ3v) is 8.80. The molecule has 3 aromatic rings. The van der Waals surface area contributed by atoms with Crippen LogP contribution in [0.15, 0.2) is 43.0 Å². The Bertz CT molecular complexity index is 1480. The summed E-state index contributed by atoms with van der Waals surface area (Å²) in [6.07, 6.45) is 7.79. The van der Waals surface area contributed by atoms with Gasteiger partial charge in [0.2, 0.25) is 0 Å². The molecule has 4 aliphatic rings. The first-order valence-electron chi connectivity index (χ1n) is 14.7. The average molecular weight is 575 g/mol. The molecule has 3 aliphatic heterocycles. The van der Waals surface area contributed by atoms with Gasteiger partial charge in [-0.1, -0.05) is 0 Å². The summed E-state index contributed by atoms with van der Waals surface area (Å²) >= 11 is 0. The van der Waals surface area contributed by atoms with Crippen LogP contribution < -0.4 is 19.7 Å². The third kappa shape index (κ3) is 4.94. The summed E-state index contributed by atoms with van der Waals surface area (Å²) in [6, 6.07) is 5.86. The number of carbonyl (C=O) groups is 1. The first-order valence-corrected chi connectivity index (χ1v) is 14.7. The van der Waals surface area contributed by atoms with Crippen LogP contribution in [0.2, 0.25) is 0 Å². The maximum Gasteiger partial charge on any atom is 0.258 e. The number of amides is 1. The third-order valence-electron chi connectivity index (χ3n) is 8.80. The minimum atomic E-state index is -0.499. The van der Waals surface area contributed by atoms with Gasteiger partial charge in [-0.3, -0.25) is 9.78 Å². The molecule has 3 fully saturated rings. The monoisotopic (exact) mass is 574 g/mol. The van der Waals surface area contributed by atoms with Crippen LogP contribution in [0.25, 0.3) is 0 Å². The lowest BCUT2D eigenvalue weighted by Gasteiger charge is -2.58. The number of ether oxygens (including phenoxy) is 3. The summed E-state index contributed by atoms with van der Waals surface area (Å²) in [4.78, 5) is 30.8. The second-order valence-corrected chi connectivity index (χ2v) is 12.1. The number of rotatable bonds is 8. The van der Waals surface area contributed by atoms with Gasteiger partial charge in [0, 0.05) is 56.0 Å². The van der Waals surface area contributed by atoms with E-state index in [1.165, 1.54) is 30.1 Å². The van der Waals surface area contributed by atoms with Crippen LogP contribution in [-0.2, 0) is 17.8 Å². The Hall–Kier alpha value is -3.83. The van der Waals surface area contributed by atoms with E-state index in [-0.39, 0.29) is 40.8 Å². The van der Waals surface area contributed by atoms with E-state index in [0.717, 1.165) is 56.9 Å². The second-order valence-electron chi connectivity index (χ2n) is 12.1. The van der Waals surface area contributed by atoms with Crippen molar-refractivity contribution in [3.05, 3.63) is 65.6 Å². The van der Waals surface area contributed by atoms with E-state index in [9.17, 15) is 9.18 Å². The fourth-order valence-corrected chi connectivity index (χ4v) is 6.81. The fourth-order valence-electron chi connectivity index (χ4n) is 6.81. The van der Waals surface area contributed by atoms with Gasteiger partial charge in [0.15, 0.2) is 11.6 Å². The Kier molecular flexibility index (Phi) is 6.94. The van der Waals surface area contributed by atoms with Crippen LogP contribution in [-0.4, -0.2) is 70.2 Å². The van der Waals surface area contributed by atoms with E-state index in [4.69, 9.17) is 14.2 Å². The summed E-state index contributed by atoms with van der Waals surface area (Å²) in [5, 5.41) is 3.34. The standard InChI is InChI=1S/C31H35FN6O4/c1-19(2)38(21-6-8-40-15-21)30(39)23-9-20(32)3-4-26(23)42-28-14-34-18-36-29(28)37-16-31(17-37)10-22(11-31)41-27-5-7-35-25-13-33-12-24(25)27/h3-5,7,9,14,18-19,21-22,33H,6,8,10-13,15-17H2,1-2H3/t21-/m0/s1. The Morgan fingerprint density at radius 3 is 2.81 bits per heavy atom. The topological polar surface area (TPSA) is 102 Å². The molecule has 1 amide bonds. The zero-order valence-electron chi connectivity index (χ0n) is 23.9. The Morgan fingerprint density at radius 1 is 1.17 bits per heavy atom. The lowest BCUT2D eigenvalue weighted by molar-refractivity contribution is -0.0348. The van der Waals surface area contributed by atoms with E-state index in [1.807, 2.05) is 26.1 Å². The zero-order valence-corrected chi connectivity index (χ0v) is 23.9. The Labute approximate surface area is 244 Å². The molecule has 1 aliphatic carbocycles. The molecule has 7 rings (SSSR count). The van der Waals surface area contributed by atoms with Crippen molar-refractivity contribution in [1.29, 1.82) is 0 Å². The molecule has 220 valence electrons. The van der Waals surface area contributed by atoms with E-state index >= 15 is 0 Å². The maximum absolute atomic E-state index is 14.4. The first-order chi connectivity index (χ1) is 20.4. The Balaban J connectivity index is 1.04. The molecule has 5 heterocycles. The fraction of sp³-hybridized carbons (Fsp3) is 0.484. The van der Waals surface area contributed by atoms with E-state index in [1.54, 1.807) is 11.1 Å². The molecule has 0 bridgehead atoms. The van der Waals surface area contributed by atoms with Crippen molar-refractivity contribution in [2.45, 2.75) is 64.4 Å². The van der Waals surface area contributed by atoms with Gasteiger partial charge in [0.25, 0.3) is 5.91 Å². The van der Waals surface area contributed by atoms with Gasteiger partial charge in [-0.05, 0) is 57.4 Å². The summed E-state index contributed by atoms with van der Waals surface area (Å²) in [5.74, 6) is 1.52. The SMILES string of the molecule is CC(C)N(C(=O)c1cc(F)ccc1Oc1cncnc1N1CC2(CC(Oc3ccnc4c3CNC4)C2)C1)[C@H]1CCOC1. The molecule has 42 heavy (non-hydrogen) atoms. The van der Waals surface area contributed by atoms with Gasteiger partial charge in [-0.15, -0.1) is 0 Å². The van der Waals surface area contributed by atoms with Crippen molar-refractivity contribution >= 4 is 11.7 Å². The average Bonchev–Trinajstić information content (AvgIpc) is 3.64. The summed E-state index contributed by atoms with van der Waals surface area (Å²) in [6.45, 7) is 8.22. The quantitative estimate of drug-likeness (QED) is 0.426. The molecular formula is C31H35FN6O4. The van der Waals surface area contributed by atoms with Gasteiger partial charge in [-0.25, -0.2) is 14.4 Å². The minimum Gasteiger partial charge on any atom is -0.490 e. The van der Waals surface area contributed by atoms with E-state index in [0.29, 0.717) is 24.8 Å². The van der Waals surface area contributed by atoms with Crippen molar-refractivity contribution in [2.75, 3.05) is 31.2 Å². The molecule has 1 atom stereocenters. The zero-order chi connectivity index (χ0) is 28.8. The van der Waals surface area contributed by atoms with Gasteiger partial charge >= 0.3 is 0 Å². The van der Waals surface area contributed by atoms with Crippen molar-refractivity contribution < 1.29 is 23.4 Å². The number of hydrogen-bond acceptors (Lipinski definition) is 9. The Morgan fingerprint density at radius 2 is 2.02 bits per heavy atom. The molecule has 2 saturated heterocycles. The van der Waals surface area contributed by atoms with Crippen molar-refractivity contribution in [3.8, 4) is 17.2 Å². The largest absolute Gasteiger partial charge is 0.490 e. The number of fused-ring (bicyclic) bond motifs is 1. The highest BCUT2D eigenvalue weighted by Crippen LogP contribution is 2.52. The van der Waals surface area contributed by atoms with Crippen molar-refractivity contribution in [1.82, 2.24) is 25.2 Å². The lowest BCUT2D eigenvalue weighted by Crippen LogP contribution is -2.65. The van der Waals surface area contributed by atoms with Crippen LogP contribution in [0.3, 0.4) is 0 Å². The molecule has 1 spiro atoms. The van der Waals surface area contributed by atoms with E-state index in [2.05, 4.69) is 25.2 Å². The summed E-state index contributed by atoms with van der Waals surface area (Å²) in [7, 11) is 0. The molecule has 1 aromatic carbocycles. The van der Waals surface area contributed by atoms with Crippen LogP contribution >= 0.6 is 0 Å². The number of carbonyl (C=O) groups excluding carboxylic acids is 1. The number of pyridine rings is 1. The summed E-state index contributed by atoms with van der Waals surface area (Å²) < 4.78 is 32.6. The number of hydrogen-bond donors (Lipinski definition) is 1. The highest BCUT2D eigenvalue weighted by molar-refractivity contribution is 5.97. The van der Waals surface area contributed by atoms with Crippen LogP contribution in [0.5, 0.6) is 17.2 Å². The second kappa shape index (κ2) is 10.8. The van der Waals surface area contributed by atoms with E-state index < -0.39 is 5.82 Å². The minimum absolute atomic E-state index is 0.0621.